The van der Waals surface area contributed by atoms with Crippen LogP contribution in [0.25, 0.3) is 0 Å². The third-order valence-corrected chi connectivity index (χ3v) is 5.36. The van der Waals surface area contributed by atoms with Gasteiger partial charge in [0.1, 0.15) is 11.2 Å². The van der Waals surface area contributed by atoms with Gasteiger partial charge in [0.2, 0.25) is 0 Å². The molecule has 5 heteroatoms. The van der Waals surface area contributed by atoms with E-state index in [2.05, 4.69) is 5.16 Å². The number of rotatable bonds is 1. The molecule has 0 N–H and O–H groups in total. The van der Waals surface area contributed by atoms with Crippen LogP contribution in [0.3, 0.4) is 0 Å². The monoisotopic (exact) mass is 292 g/mol. The molecule has 4 aliphatic rings. The summed E-state index contributed by atoms with van der Waals surface area (Å²) in [6.45, 7) is 7.36. The first-order chi connectivity index (χ1) is 9.87. The zero-order chi connectivity index (χ0) is 14.8. The number of piperidine rings is 1. The summed E-state index contributed by atoms with van der Waals surface area (Å²) < 4.78 is 5.44. The number of amides is 1. The second-order valence-electron chi connectivity index (χ2n) is 8.13. The molecule has 2 atom stereocenters. The third-order valence-electron chi connectivity index (χ3n) is 5.36. The maximum absolute atomic E-state index is 12.1. The SMILES string of the molecule is CC(C)(C)OC(=O)N1CC2C(C1)C2C1=NOC2(CCC2)C1. The minimum atomic E-state index is -0.413. The summed E-state index contributed by atoms with van der Waals surface area (Å²) in [5.41, 5.74) is 0.911. The average molecular weight is 292 g/mol. The number of hydrogen-bond acceptors (Lipinski definition) is 4. The van der Waals surface area contributed by atoms with Crippen LogP contribution in [0.2, 0.25) is 0 Å². The molecular formula is C16H24N2O3. The van der Waals surface area contributed by atoms with E-state index < -0.39 is 5.60 Å². The molecule has 0 radical (unpaired) electrons. The van der Waals surface area contributed by atoms with Gasteiger partial charge in [0.15, 0.2) is 0 Å². The van der Waals surface area contributed by atoms with Crippen molar-refractivity contribution in [3.8, 4) is 0 Å². The zero-order valence-corrected chi connectivity index (χ0v) is 13.1. The molecule has 3 fully saturated rings. The van der Waals surface area contributed by atoms with Gasteiger partial charge < -0.3 is 14.5 Å². The summed E-state index contributed by atoms with van der Waals surface area (Å²) >= 11 is 0. The average Bonchev–Trinajstić information content (AvgIpc) is 2.80. The first-order valence-corrected chi connectivity index (χ1v) is 8.10. The Kier molecular flexibility index (Phi) is 2.64. The maximum Gasteiger partial charge on any atom is 0.410 e. The summed E-state index contributed by atoms with van der Waals surface area (Å²) in [6.07, 6.45) is 4.44. The van der Waals surface area contributed by atoms with Crippen molar-refractivity contribution in [1.29, 1.82) is 0 Å². The smallest absolute Gasteiger partial charge is 0.410 e. The van der Waals surface area contributed by atoms with Gasteiger partial charge in [0.05, 0.1) is 5.71 Å². The summed E-state index contributed by atoms with van der Waals surface area (Å²) in [5.74, 6) is 1.72. The molecule has 0 aromatic carbocycles. The topological polar surface area (TPSA) is 51.1 Å². The highest BCUT2D eigenvalue weighted by atomic mass is 16.7. The normalized spacial score (nSPS) is 35.9. The van der Waals surface area contributed by atoms with E-state index in [9.17, 15) is 4.79 Å². The fourth-order valence-electron chi connectivity index (χ4n) is 4.06. The Morgan fingerprint density at radius 2 is 2.00 bits per heavy atom. The van der Waals surface area contributed by atoms with E-state index in [0.717, 1.165) is 32.4 Å². The van der Waals surface area contributed by atoms with Crippen LogP contribution in [-0.2, 0) is 9.57 Å². The Bertz CT molecular complexity index is 492. The van der Waals surface area contributed by atoms with Gasteiger partial charge in [-0.3, -0.25) is 0 Å². The highest BCUT2D eigenvalue weighted by Crippen LogP contribution is 2.56. The zero-order valence-electron chi connectivity index (χ0n) is 13.1. The number of likely N-dealkylation sites (tertiary alicyclic amines) is 1. The molecule has 1 spiro atoms. The van der Waals surface area contributed by atoms with Gasteiger partial charge in [0.25, 0.3) is 0 Å². The van der Waals surface area contributed by atoms with E-state index in [1.165, 1.54) is 12.1 Å². The third kappa shape index (κ3) is 2.21. The highest BCUT2D eigenvalue weighted by Gasteiger charge is 2.61. The van der Waals surface area contributed by atoms with Crippen molar-refractivity contribution in [1.82, 2.24) is 4.90 Å². The summed E-state index contributed by atoms with van der Waals surface area (Å²) in [5, 5.41) is 4.37. The number of carbonyl (C=O) groups is 1. The largest absolute Gasteiger partial charge is 0.444 e. The molecule has 2 unspecified atom stereocenters. The lowest BCUT2D eigenvalue weighted by Crippen LogP contribution is -2.38. The second kappa shape index (κ2) is 4.14. The molecular weight excluding hydrogens is 268 g/mol. The highest BCUT2D eigenvalue weighted by molar-refractivity contribution is 5.92. The molecule has 4 rings (SSSR count). The van der Waals surface area contributed by atoms with Crippen molar-refractivity contribution in [3.05, 3.63) is 0 Å². The van der Waals surface area contributed by atoms with Gasteiger partial charge in [-0.2, -0.15) is 0 Å². The van der Waals surface area contributed by atoms with Crippen molar-refractivity contribution in [2.75, 3.05) is 13.1 Å². The van der Waals surface area contributed by atoms with E-state index in [-0.39, 0.29) is 11.7 Å². The lowest BCUT2D eigenvalue weighted by molar-refractivity contribution is -0.0755. The van der Waals surface area contributed by atoms with Crippen LogP contribution in [0, 0.1) is 17.8 Å². The maximum atomic E-state index is 12.1. The Labute approximate surface area is 125 Å². The quantitative estimate of drug-likeness (QED) is 0.746. The number of hydrogen-bond donors (Lipinski definition) is 0. The van der Waals surface area contributed by atoms with E-state index in [0.29, 0.717) is 17.8 Å². The summed E-state index contributed by atoms with van der Waals surface area (Å²) in [6, 6.07) is 0. The Balaban J connectivity index is 1.31. The van der Waals surface area contributed by atoms with Gasteiger partial charge in [-0.25, -0.2) is 4.79 Å². The summed E-state index contributed by atoms with van der Waals surface area (Å²) in [7, 11) is 0. The number of nitrogens with zero attached hydrogens (tertiary/aromatic N) is 2. The van der Waals surface area contributed by atoms with Crippen LogP contribution >= 0.6 is 0 Å². The first kappa shape index (κ1) is 13.4. The molecule has 2 heterocycles. The fourth-order valence-corrected chi connectivity index (χ4v) is 4.06. The van der Waals surface area contributed by atoms with Crippen LogP contribution < -0.4 is 0 Å². The number of oxime groups is 1. The number of fused-ring (bicyclic) bond motifs is 1. The molecule has 2 aliphatic heterocycles. The van der Waals surface area contributed by atoms with Crippen molar-refractivity contribution in [3.63, 3.8) is 0 Å². The van der Waals surface area contributed by atoms with Crippen LogP contribution in [0.1, 0.15) is 46.5 Å². The predicted molar refractivity (Wildman–Crippen MR) is 78.0 cm³/mol. The van der Waals surface area contributed by atoms with Crippen molar-refractivity contribution >= 4 is 11.8 Å². The number of carbonyl (C=O) groups excluding carboxylic acids is 1. The van der Waals surface area contributed by atoms with Crippen LogP contribution in [0.5, 0.6) is 0 Å². The van der Waals surface area contributed by atoms with Crippen molar-refractivity contribution in [2.24, 2.45) is 22.9 Å². The van der Waals surface area contributed by atoms with Gasteiger partial charge in [0, 0.05) is 25.4 Å². The van der Waals surface area contributed by atoms with E-state index in [1.807, 2.05) is 25.7 Å². The molecule has 0 bridgehead atoms. The standard InChI is InChI=1S/C16H24N2O3/c1-15(2,3)20-14(19)18-8-10-11(9-18)13(10)12-7-16(21-17-12)5-4-6-16/h10-11,13H,4-9H2,1-3H3. The van der Waals surface area contributed by atoms with E-state index in [4.69, 9.17) is 9.57 Å². The van der Waals surface area contributed by atoms with Gasteiger partial charge in [-0.05, 0) is 51.9 Å². The van der Waals surface area contributed by atoms with Gasteiger partial charge >= 0.3 is 6.09 Å². The van der Waals surface area contributed by atoms with E-state index in [1.54, 1.807) is 0 Å². The molecule has 21 heavy (non-hydrogen) atoms. The molecule has 2 saturated carbocycles. The molecule has 0 aromatic heterocycles. The Morgan fingerprint density at radius 3 is 2.48 bits per heavy atom. The molecule has 5 nitrogen and oxygen atoms in total. The van der Waals surface area contributed by atoms with Crippen molar-refractivity contribution < 1.29 is 14.4 Å². The minimum Gasteiger partial charge on any atom is -0.444 e. The van der Waals surface area contributed by atoms with Gasteiger partial charge in [-0.15, -0.1) is 0 Å². The second-order valence-corrected chi connectivity index (χ2v) is 8.13. The van der Waals surface area contributed by atoms with Gasteiger partial charge in [-0.1, -0.05) is 5.16 Å². The molecule has 1 amide bonds. The summed E-state index contributed by atoms with van der Waals surface area (Å²) in [4.78, 5) is 19.6. The minimum absolute atomic E-state index is 0.0665. The fraction of sp³-hybridized carbons (Fsp3) is 0.875. The molecule has 0 aromatic rings. The molecule has 1 saturated heterocycles. The van der Waals surface area contributed by atoms with Crippen molar-refractivity contribution in [2.45, 2.75) is 57.7 Å². The van der Waals surface area contributed by atoms with Crippen LogP contribution in [0.4, 0.5) is 4.79 Å². The lowest BCUT2D eigenvalue weighted by Gasteiger charge is -2.34. The number of ether oxygens (including phenoxy) is 1. The predicted octanol–water partition coefficient (Wildman–Crippen LogP) is 2.80. The Hall–Kier alpha value is -1.26. The lowest BCUT2D eigenvalue weighted by atomic mass is 9.76. The van der Waals surface area contributed by atoms with Crippen LogP contribution in [0.15, 0.2) is 5.16 Å². The molecule has 2 aliphatic carbocycles. The van der Waals surface area contributed by atoms with E-state index >= 15 is 0 Å². The first-order valence-electron chi connectivity index (χ1n) is 8.10. The Morgan fingerprint density at radius 1 is 1.33 bits per heavy atom. The molecule has 116 valence electrons. The van der Waals surface area contributed by atoms with Crippen LogP contribution in [-0.4, -0.2) is 41.0 Å².